The quantitative estimate of drug-likeness (QED) is 0.568. The Morgan fingerprint density at radius 1 is 1.31 bits per heavy atom. The van der Waals surface area contributed by atoms with Crippen LogP contribution in [0.5, 0.6) is 0 Å². The molecule has 0 aliphatic rings. The Kier molecular flexibility index (Phi) is 3.99. The van der Waals surface area contributed by atoms with Gasteiger partial charge in [-0.05, 0) is 17.7 Å². The molecule has 5 nitrogen and oxygen atoms in total. The van der Waals surface area contributed by atoms with Gasteiger partial charge in [-0.15, -0.1) is 0 Å². The van der Waals surface area contributed by atoms with Crippen LogP contribution in [0.15, 0.2) is 24.3 Å². The second-order valence-electron chi connectivity index (χ2n) is 3.70. The molecule has 1 aromatic rings. The minimum atomic E-state index is -0.348. The Morgan fingerprint density at radius 3 is 2.31 bits per heavy atom. The van der Waals surface area contributed by atoms with Gasteiger partial charge in [-0.3, -0.25) is 14.9 Å². The summed E-state index contributed by atoms with van der Waals surface area (Å²) >= 11 is 0. The van der Waals surface area contributed by atoms with Crippen LogP contribution in [0.25, 0.3) is 0 Å². The summed E-state index contributed by atoms with van der Waals surface area (Å²) in [7, 11) is 3.37. The van der Waals surface area contributed by atoms with Crippen LogP contribution in [0.3, 0.4) is 0 Å². The smallest absolute Gasteiger partial charge is 0.253 e. The van der Waals surface area contributed by atoms with E-state index in [1.165, 1.54) is 4.90 Å². The summed E-state index contributed by atoms with van der Waals surface area (Å²) in [6, 6.07) is 6.88. The minimum Gasteiger partial charge on any atom is -0.345 e. The van der Waals surface area contributed by atoms with Crippen molar-refractivity contribution in [2.24, 2.45) is 0 Å². The highest BCUT2D eigenvalue weighted by Crippen LogP contribution is 2.07. The molecule has 0 aliphatic carbocycles. The first-order chi connectivity index (χ1) is 7.50. The van der Waals surface area contributed by atoms with Crippen LogP contribution in [0.1, 0.15) is 15.9 Å². The summed E-state index contributed by atoms with van der Waals surface area (Å²) in [6.45, 7) is -0.0824. The zero-order chi connectivity index (χ0) is 12.1. The Balaban J connectivity index is 2.68. The van der Waals surface area contributed by atoms with Gasteiger partial charge in [-0.1, -0.05) is 12.1 Å². The molecule has 1 aromatic carbocycles. The number of hydrogen-bond acceptors (Lipinski definition) is 3. The highest BCUT2D eigenvalue weighted by Gasteiger charge is 2.07. The number of rotatable bonds is 4. The number of benzene rings is 1. The van der Waals surface area contributed by atoms with Crippen LogP contribution in [0.2, 0.25) is 0 Å². The van der Waals surface area contributed by atoms with Gasteiger partial charge in [-0.2, -0.15) is 0 Å². The largest absolute Gasteiger partial charge is 0.345 e. The molecular weight excluding hydrogens is 208 g/mol. The van der Waals surface area contributed by atoms with Crippen molar-refractivity contribution in [1.29, 1.82) is 0 Å². The van der Waals surface area contributed by atoms with Gasteiger partial charge in [0.15, 0.2) is 0 Å². The van der Waals surface area contributed by atoms with Gasteiger partial charge in [0.25, 0.3) is 5.91 Å². The highest BCUT2D eigenvalue weighted by molar-refractivity contribution is 5.93. The Labute approximate surface area is 93.8 Å². The number of carbonyl (C=O) groups is 1. The average Bonchev–Trinajstić information content (AvgIpc) is 2.26. The fraction of sp³-hybridized carbons (Fsp3) is 0.364. The van der Waals surface area contributed by atoms with Crippen molar-refractivity contribution in [3.63, 3.8) is 0 Å². The molecule has 0 unspecified atom stereocenters. The molecule has 1 rings (SSSR count). The van der Waals surface area contributed by atoms with Gasteiger partial charge in [0.1, 0.15) is 0 Å². The first-order valence-electron chi connectivity index (χ1n) is 4.93. The standard InChI is InChI=1S/C11H14N2O3/c1-12(2)11(14)10-5-3-9(4-6-10)7-8-13(15)16/h3-6H,7-8H2,1-2H3. The predicted molar refractivity (Wildman–Crippen MR) is 60.0 cm³/mol. The molecule has 1 amide bonds. The van der Waals surface area contributed by atoms with E-state index in [0.29, 0.717) is 12.0 Å². The van der Waals surface area contributed by atoms with E-state index in [-0.39, 0.29) is 17.4 Å². The van der Waals surface area contributed by atoms with Crippen LogP contribution in [-0.2, 0) is 6.42 Å². The van der Waals surface area contributed by atoms with Crippen molar-refractivity contribution in [1.82, 2.24) is 4.90 Å². The van der Waals surface area contributed by atoms with Crippen LogP contribution < -0.4 is 0 Å². The van der Waals surface area contributed by atoms with Crippen molar-refractivity contribution < 1.29 is 9.72 Å². The lowest BCUT2D eigenvalue weighted by atomic mass is 10.1. The van der Waals surface area contributed by atoms with Crippen molar-refractivity contribution in [2.75, 3.05) is 20.6 Å². The SMILES string of the molecule is CN(C)C(=O)c1ccc(CC[N+](=O)[O-])cc1. The molecule has 0 radical (unpaired) electrons. The van der Waals surface area contributed by atoms with Crippen molar-refractivity contribution in [3.8, 4) is 0 Å². The van der Waals surface area contributed by atoms with Gasteiger partial charge in [0, 0.05) is 31.0 Å². The molecule has 0 heterocycles. The van der Waals surface area contributed by atoms with E-state index in [0.717, 1.165) is 5.56 Å². The summed E-state index contributed by atoms with van der Waals surface area (Å²) in [6.07, 6.45) is 0.392. The first-order valence-corrected chi connectivity index (χ1v) is 4.93. The fourth-order valence-corrected chi connectivity index (χ4v) is 1.29. The third-order valence-electron chi connectivity index (χ3n) is 2.19. The zero-order valence-corrected chi connectivity index (χ0v) is 9.34. The van der Waals surface area contributed by atoms with E-state index < -0.39 is 0 Å². The van der Waals surface area contributed by atoms with E-state index in [4.69, 9.17) is 0 Å². The lowest BCUT2D eigenvalue weighted by molar-refractivity contribution is -0.479. The molecule has 0 aromatic heterocycles. The minimum absolute atomic E-state index is 0.0687. The summed E-state index contributed by atoms with van der Waals surface area (Å²) in [4.78, 5) is 22.9. The Morgan fingerprint density at radius 2 is 1.88 bits per heavy atom. The second-order valence-corrected chi connectivity index (χ2v) is 3.70. The van der Waals surface area contributed by atoms with Gasteiger partial charge < -0.3 is 4.90 Å². The maximum Gasteiger partial charge on any atom is 0.253 e. The molecule has 0 N–H and O–H groups in total. The lowest BCUT2D eigenvalue weighted by Gasteiger charge is -2.10. The molecule has 0 spiro atoms. The number of carbonyl (C=O) groups excluding carboxylic acids is 1. The van der Waals surface area contributed by atoms with Crippen molar-refractivity contribution >= 4 is 5.91 Å². The van der Waals surface area contributed by atoms with Crippen LogP contribution >= 0.6 is 0 Å². The molecular formula is C11H14N2O3. The van der Waals surface area contributed by atoms with Gasteiger partial charge in [0.2, 0.25) is 6.54 Å². The molecule has 0 aliphatic heterocycles. The summed E-state index contributed by atoms with van der Waals surface area (Å²) in [5, 5.41) is 10.2. The average molecular weight is 222 g/mol. The van der Waals surface area contributed by atoms with Crippen LogP contribution in [0, 0.1) is 10.1 Å². The van der Waals surface area contributed by atoms with E-state index in [9.17, 15) is 14.9 Å². The third kappa shape index (κ3) is 3.34. The van der Waals surface area contributed by atoms with Gasteiger partial charge in [-0.25, -0.2) is 0 Å². The molecule has 86 valence electrons. The number of nitro groups is 1. The summed E-state index contributed by atoms with van der Waals surface area (Å²) in [5.74, 6) is -0.0687. The second kappa shape index (κ2) is 5.25. The molecule has 5 heteroatoms. The predicted octanol–water partition coefficient (Wildman–Crippen LogP) is 1.21. The monoisotopic (exact) mass is 222 g/mol. The molecule has 16 heavy (non-hydrogen) atoms. The zero-order valence-electron chi connectivity index (χ0n) is 9.34. The topological polar surface area (TPSA) is 63.5 Å². The third-order valence-corrected chi connectivity index (χ3v) is 2.19. The maximum absolute atomic E-state index is 11.5. The Bertz CT molecular complexity index is 385. The van der Waals surface area contributed by atoms with Gasteiger partial charge in [0.05, 0.1) is 0 Å². The molecule has 0 bridgehead atoms. The normalized spacial score (nSPS) is 9.88. The summed E-state index contributed by atoms with van der Waals surface area (Å²) in [5.41, 5.74) is 1.46. The van der Waals surface area contributed by atoms with Crippen LogP contribution in [-0.4, -0.2) is 36.4 Å². The lowest BCUT2D eigenvalue weighted by Crippen LogP contribution is -2.21. The van der Waals surface area contributed by atoms with Crippen molar-refractivity contribution in [2.45, 2.75) is 6.42 Å². The van der Waals surface area contributed by atoms with E-state index >= 15 is 0 Å². The van der Waals surface area contributed by atoms with Gasteiger partial charge >= 0.3 is 0 Å². The van der Waals surface area contributed by atoms with E-state index in [1.807, 2.05) is 0 Å². The summed E-state index contributed by atoms with van der Waals surface area (Å²) < 4.78 is 0. The molecule has 0 fully saturated rings. The number of hydrogen-bond donors (Lipinski definition) is 0. The molecule has 0 atom stereocenters. The highest BCUT2D eigenvalue weighted by atomic mass is 16.6. The van der Waals surface area contributed by atoms with E-state index in [1.54, 1.807) is 38.4 Å². The Hall–Kier alpha value is -1.91. The molecule has 0 saturated carbocycles. The maximum atomic E-state index is 11.5. The first kappa shape index (κ1) is 12.2. The number of nitrogens with zero attached hydrogens (tertiary/aromatic N) is 2. The fourth-order valence-electron chi connectivity index (χ4n) is 1.29. The van der Waals surface area contributed by atoms with Crippen molar-refractivity contribution in [3.05, 3.63) is 45.5 Å². The number of amides is 1. The van der Waals surface area contributed by atoms with E-state index in [2.05, 4.69) is 0 Å². The molecule has 0 saturated heterocycles. The van der Waals surface area contributed by atoms with Crippen LogP contribution in [0.4, 0.5) is 0 Å².